The van der Waals surface area contributed by atoms with Gasteiger partial charge in [-0.15, -0.1) is 0 Å². The van der Waals surface area contributed by atoms with E-state index in [0.717, 1.165) is 31.7 Å². The van der Waals surface area contributed by atoms with Crippen molar-refractivity contribution in [2.45, 2.75) is 26.4 Å². The van der Waals surface area contributed by atoms with E-state index < -0.39 is 0 Å². The molecule has 98 valence electrons. The Labute approximate surface area is 117 Å². The SMILES string of the molecule is Cc1cccnc1CN1CCc2cnc(=S)[nH]c2C1. The molecule has 0 aliphatic carbocycles. The summed E-state index contributed by atoms with van der Waals surface area (Å²) in [7, 11) is 0. The van der Waals surface area contributed by atoms with E-state index in [1.54, 1.807) is 0 Å². The van der Waals surface area contributed by atoms with E-state index in [2.05, 4.69) is 32.8 Å². The molecular formula is C14H16N4S. The predicted molar refractivity (Wildman–Crippen MR) is 76.2 cm³/mol. The predicted octanol–water partition coefficient (Wildman–Crippen LogP) is 2.40. The Morgan fingerprint density at radius 2 is 2.32 bits per heavy atom. The largest absolute Gasteiger partial charge is 0.333 e. The van der Waals surface area contributed by atoms with Gasteiger partial charge in [-0.1, -0.05) is 6.07 Å². The van der Waals surface area contributed by atoms with Gasteiger partial charge < -0.3 is 4.98 Å². The maximum Gasteiger partial charge on any atom is 0.196 e. The molecule has 3 heterocycles. The molecule has 0 fully saturated rings. The van der Waals surface area contributed by atoms with E-state index in [1.165, 1.54) is 16.8 Å². The lowest BCUT2D eigenvalue weighted by Crippen LogP contribution is -2.31. The first-order chi connectivity index (χ1) is 9.22. The molecule has 1 aliphatic heterocycles. The van der Waals surface area contributed by atoms with E-state index in [0.29, 0.717) is 4.77 Å². The summed E-state index contributed by atoms with van der Waals surface area (Å²) in [5, 5.41) is 0. The van der Waals surface area contributed by atoms with Gasteiger partial charge in [0, 0.05) is 37.7 Å². The van der Waals surface area contributed by atoms with Crippen LogP contribution in [-0.4, -0.2) is 26.4 Å². The summed E-state index contributed by atoms with van der Waals surface area (Å²) in [6.07, 6.45) is 4.77. The van der Waals surface area contributed by atoms with E-state index in [1.807, 2.05) is 18.5 Å². The number of H-pyrrole nitrogens is 1. The minimum absolute atomic E-state index is 0.564. The van der Waals surface area contributed by atoms with Gasteiger partial charge in [0.2, 0.25) is 0 Å². The van der Waals surface area contributed by atoms with Gasteiger partial charge in [0.15, 0.2) is 4.77 Å². The molecule has 0 aromatic carbocycles. The van der Waals surface area contributed by atoms with Crippen molar-refractivity contribution in [3.8, 4) is 0 Å². The van der Waals surface area contributed by atoms with Crippen molar-refractivity contribution in [2.24, 2.45) is 0 Å². The summed E-state index contributed by atoms with van der Waals surface area (Å²) in [6, 6.07) is 4.09. The molecule has 0 saturated heterocycles. The van der Waals surface area contributed by atoms with Crippen molar-refractivity contribution in [1.29, 1.82) is 0 Å². The maximum absolute atomic E-state index is 5.09. The van der Waals surface area contributed by atoms with Crippen LogP contribution in [-0.2, 0) is 19.5 Å². The van der Waals surface area contributed by atoms with Crippen molar-refractivity contribution < 1.29 is 0 Å². The summed E-state index contributed by atoms with van der Waals surface area (Å²) in [5.74, 6) is 0. The third kappa shape index (κ3) is 2.72. The van der Waals surface area contributed by atoms with Crippen LogP contribution in [0.25, 0.3) is 0 Å². The van der Waals surface area contributed by atoms with Crippen LogP contribution < -0.4 is 0 Å². The highest BCUT2D eigenvalue weighted by molar-refractivity contribution is 7.71. The van der Waals surface area contributed by atoms with Gasteiger partial charge in [-0.25, -0.2) is 4.98 Å². The van der Waals surface area contributed by atoms with Gasteiger partial charge in [0.1, 0.15) is 0 Å². The Balaban J connectivity index is 1.79. The molecule has 1 N–H and O–H groups in total. The zero-order valence-corrected chi connectivity index (χ0v) is 11.7. The molecule has 4 nitrogen and oxygen atoms in total. The molecule has 0 radical (unpaired) electrons. The van der Waals surface area contributed by atoms with Gasteiger partial charge in [-0.2, -0.15) is 0 Å². The lowest BCUT2D eigenvalue weighted by atomic mass is 10.1. The third-order valence-corrected chi connectivity index (χ3v) is 3.76. The Bertz CT molecular complexity index is 650. The van der Waals surface area contributed by atoms with Crippen molar-refractivity contribution >= 4 is 12.2 Å². The summed E-state index contributed by atoms with van der Waals surface area (Å²) in [4.78, 5) is 14.2. The number of aromatic amines is 1. The number of aryl methyl sites for hydroxylation is 1. The molecule has 19 heavy (non-hydrogen) atoms. The van der Waals surface area contributed by atoms with Gasteiger partial charge >= 0.3 is 0 Å². The second kappa shape index (κ2) is 5.19. The molecule has 1 aliphatic rings. The molecule has 2 aromatic rings. The van der Waals surface area contributed by atoms with Crippen molar-refractivity contribution in [3.63, 3.8) is 0 Å². The lowest BCUT2D eigenvalue weighted by Gasteiger charge is -2.28. The fraction of sp³-hybridized carbons (Fsp3) is 0.357. The number of fused-ring (bicyclic) bond motifs is 1. The number of hydrogen-bond acceptors (Lipinski definition) is 4. The highest BCUT2D eigenvalue weighted by Gasteiger charge is 2.17. The average molecular weight is 272 g/mol. The Kier molecular flexibility index (Phi) is 3.40. The summed E-state index contributed by atoms with van der Waals surface area (Å²) in [5.41, 5.74) is 4.87. The normalized spacial score (nSPS) is 15.2. The van der Waals surface area contributed by atoms with Crippen molar-refractivity contribution in [1.82, 2.24) is 19.9 Å². The number of hydrogen-bond donors (Lipinski definition) is 1. The molecule has 3 rings (SSSR count). The van der Waals surface area contributed by atoms with Crippen LogP contribution in [0, 0.1) is 11.7 Å². The maximum atomic E-state index is 5.09. The first-order valence-corrected chi connectivity index (χ1v) is 6.83. The Morgan fingerprint density at radius 3 is 3.16 bits per heavy atom. The van der Waals surface area contributed by atoms with Crippen LogP contribution in [0.1, 0.15) is 22.5 Å². The number of aromatic nitrogens is 3. The molecule has 5 heteroatoms. The van der Waals surface area contributed by atoms with E-state index in [4.69, 9.17) is 12.2 Å². The van der Waals surface area contributed by atoms with Gasteiger partial charge in [-0.3, -0.25) is 9.88 Å². The van der Waals surface area contributed by atoms with E-state index >= 15 is 0 Å². The minimum Gasteiger partial charge on any atom is -0.333 e. The van der Waals surface area contributed by atoms with Gasteiger partial charge in [-0.05, 0) is 42.8 Å². The second-order valence-corrected chi connectivity index (χ2v) is 5.31. The Hall–Kier alpha value is -1.59. The van der Waals surface area contributed by atoms with Crippen LogP contribution in [0.15, 0.2) is 24.5 Å². The zero-order valence-electron chi connectivity index (χ0n) is 10.9. The molecule has 0 amide bonds. The number of pyridine rings is 1. The van der Waals surface area contributed by atoms with E-state index in [-0.39, 0.29) is 0 Å². The lowest BCUT2D eigenvalue weighted by molar-refractivity contribution is 0.237. The summed E-state index contributed by atoms with van der Waals surface area (Å²) < 4.78 is 0.564. The molecule has 0 saturated carbocycles. The standard InChI is InChI=1S/C14H16N4S/c1-10-3-2-5-15-12(10)8-18-6-4-11-7-16-14(19)17-13(11)9-18/h2-3,5,7H,4,6,8-9H2,1H3,(H,16,17,19). The molecular weight excluding hydrogens is 256 g/mol. The zero-order chi connectivity index (χ0) is 13.2. The summed E-state index contributed by atoms with van der Waals surface area (Å²) in [6.45, 7) is 4.92. The van der Waals surface area contributed by atoms with Crippen LogP contribution in [0.4, 0.5) is 0 Å². The van der Waals surface area contributed by atoms with Crippen LogP contribution in [0.5, 0.6) is 0 Å². The molecule has 0 bridgehead atoms. The smallest absolute Gasteiger partial charge is 0.196 e. The first kappa shape index (κ1) is 12.4. The molecule has 0 unspecified atom stereocenters. The quantitative estimate of drug-likeness (QED) is 0.853. The van der Waals surface area contributed by atoms with Crippen LogP contribution >= 0.6 is 12.2 Å². The second-order valence-electron chi connectivity index (χ2n) is 4.92. The summed E-state index contributed by atoms with van der Waals surface area (Å²) >= 11 is 5.09. The fourth-order valence-corrected chi connectivity index (χ4v) is 2.60. The number of nitrogens with zero attached hydrogens (tertiary/aromatic N) is 3. The third-order valence-electron chi connectivity index (χ3n) is 3.55. The van der Waals surface area contributed by atoms with Crippen molar-refractivity contribution in [2.75, 3.05) is 6.54 Å². The van der Waals surface area contributed by atoms with E-state index in [9.17, 15) is 0 Å². The molecule has 0 atom stereocenters. The van der Waals surface area contributed by atoms with Gasteiger partial charge in [0.25, 0.3) is 0 Å². The van der Waals surface area contributed by atoms with Crippen LogP contribution in [0.2, 0.25) is 0 Å². The fourth-order valence-electron chi connectivity index (χ4n) is 2.42. The minimum atomic E-state index is 0.564. The molecule has 0 spiro atoms. The molecule has 2 aromatic heterocycles. The van der Waals surface area contributed by atoms with Gasteiger partial charge in [0.05, 0.1) is 5.69 Å². The number of nitrogens with one attached hydrogen (secondary N) is 1. The monoisotopic (exact) mass is 272 g/mol. The Morgan fingerprint density at radius 1 is 1.42 bits per heavy atom. The highest BCUT2D eigenvalue weighted by atomic mass is 32.1. The number of rotatable bonds is 2. The average Bonchev–Trinajstić information content (AvgIpc) is 2.41. The first-order valence-electron chi connectivity index (χ1n) is 6.42. The highest BCUT2D eigenvalue weighted by Crippen LogP contribution is 2.18. The topological polar surface area (TPSA) is 44.8 Å². The van der Waals surface area contributed by atoms with Crippen LogP contribution in [0.3, 0.4) is 0 Å². The van der Waals surface area contributed by atoms with Crippen molar-refractivity contribution in [3.05, 3.63) is 51.8 Å².